The van der Waals surface area contributed by atoms with Gasteiger partial charge in [0.05, 0.1) is 58.5 Å². The minimum atomic E-state index is -4.81. The summed E-state index contributed by atoms with van der Waals surface area (Å²) in [4.78, 5) is 50.5. The SMILES string of the molecule is CC/C=C/CCCCCCCCCCCCCCCOC(=O)c1ccc(S(=O)(=O)[O-])cc1C(=O)OCCCCCCCCCCCCCCC/C=C/CC.CC/C=C/CCCCCCCCCCCCCCCOC(=O)c1ccc(S(=O)(=O)[O-])cc1C(=O)OCCCCCCCCCCCCCCC/C=C/CC.[Ca+2]. The minimum Gasteiger partial charge on any atom is -0.744 e. The molecule has 0 aromatic heterocycles. The number of carbonyl (C=O) groups excluding carboxylic acids is 4. The zero-order valence-electron chi connectivity index (χ0n) is 69.6. The van der Waals surface area contributed by atoms with Gasteiger partial charge in [0.2, 0.25) is 0 Å². The summed E-state index contributed by atoms with van der Waals surface area (Å²) >= 11 is 0. The van der Waals surface area contributed by atoms with E-state index in [2.05, 4.69) is 76.3 Å². The van der Waals surface area contributed by atoms with Crippen LogP contribution in [-0.4, -0.2) is 114 Å². The van der Waals surface area contributed by atoms with Crippen molar-refractivity contribution in [2.24, 2.45) is 0 Å². The molecule has 0 bridgehead atoms. The van der Waals surface area contributed by atoms with E-state index in [-0.39, 0.29) is 86.4 Å². The van der Waals surface area contributed by atoms with Crippen molar-refractivity contribution < 1.29 is 64.1 Å². The smallest absolute Gasteiger partial charge is 0.744 e. The Morgan fingerprint density at radius 3 is 0.569 bits per heavy atom. The predicted molar refractivity (Wildman–Crippen MR) is 452 cm³/mol. The molecular weight excluding hydrogens is 1430 g/mol. The number of hydrogen-bond donors (Lipinski definition) is 0. The maximum atomic E-state index is 12.9. The summed E-state index contributed by atoms with van der Waals surface area (Å²) in [5.41, 5.74) is -0.672. The largest absolute Gasteiger partial charge is 2.00 e. The average molecular weight is 1590 g/mol. The van der Waals surface area contributed by atoms with E-state index in [4.69, 9.17) is 18.9 Å². The summed E-state index contributed by atoms with van der Waals surface area (Å²) in [6.07, 6.45) is 90.1. The quantitative estimate of drug-likeness (QED) is 0.0150. The minimum absolute atomic E-state index is 0. The van der Waals surface area contributed by atoms with Gasteiger partial charge in [0.15, 0.2) is 0 Å². The first-order valence-corrected chi connectivity index (χ1v) is 46.9. The van der Waals surface area contributed by atoms with Gasteiger partial charge in [-0.15, -0.1) is 0 Å². The van der Waals surface area contributed by atoms with Gasteiger partial charge in [-0.25, -0.2) is 36.0 Å². The maximum absolute atomic E-state index is 12.9. The summed E-state index contributed by atoms with van der Waals surface area (Å²) in [6.45, 7) is 9.45. The van der Waals surface area contributed by atoms with Crippen molar-refractivity contribution in [2.75, 3.05) is 26.4 Å². The molecule has 0 saturated carbocycles. The summed E-state index contributed by atoms with van der Waals surface area (Å²) in [6, 6.07) is 6.28. The number of esters is 4. The van der Waals surface area contributed by atoms with E-state index >= 15 is 0 Å². The van der Waals surface area contributed by atoms with Crippen molar-refractivity contribution in [1.82, 2.24) is 0 Å². The van der Waals surface area contributed by atoms with Gasteiger partial charge >= 0.3 is 61.6 Å². The van der Waals surface area contributed by atoms with Gasteiger partial charge in [-0.3, -0.25) is 0 Å². The van der Waals surface area contributed by atoms with E-state index < -0.39 is 53.9 Å². The fourth-order valence-corrected chi connectivity index (χ4v) is 14.4. The second-order valence-corrected chi connectivity index (χ2v) is 32.7. The molecule has 0 aliphatic heterocycles. The van der Waals surface area contributed by atoms with Gasteiger partial charge in [-0.05, 0) is 139 Å². The van der Waals surface area contributed by atoms with Crippen LogP contribution in [0.1, 0.15) is 454 Å². The molecule has 2 rings (SSSR count). The van der Waals surface area contributed by atoms with Gasteiger partial charge in [0, 0.05) is 0 Å². The van der Waals surface area contributed by atoms with Crippen molar-refractivity contribution >= 4 is 81.9 Å². The van der Waals surface area contributed by atoms with Crippen LogP contribution in [0.5, 0.6) is 0 Å². The zero-order valence-corrected chi connectivity index (χ0v) is 73.4. The van der Waals surface area contributed by atoms with Crippen LogP contribution in [0.3, 0.4) is 0 Å². The Bertz CT molecular complexity index is 2670. The van der Waals surface area contributed by atoms with E-state index in [1.807, 2.05) is 0 Å². The molecule has 0 unspecified atom stereocenters. The Morgan fingerprint density at radius 1 is 0.248 bits per heavy atom. The molecule has 0 saturated heterocycles. The molecule has 2 aromatic rings. The number of unbranched alkanes of at least 4 members (excludes halogenated alkanes) is 52. The first-order chi connectivity index (χ1) is 52.6. The van der Waals surface area contributed by atoms with E-state index in [0.717, 1.165) is 114 Å². The van der Waals surface area contributed by atoms with Crippen molar-refractivity contribution in [3.63, 3.8) is 0 Å². The molecule has 0 N–H and O–H groups in total. The average Bonchev–Trinajstić information content (AvgIpc) is 0.815. The molecule has 0 heterocycles. The Balaban J connectivity index is 0.00000212. The molecule has 0 aliphatic rings. The second kappa shape index (κ2) is 77.0. The monoisotopic (exact) mass is 1590 g/mol. The molecule has 620 valence electrons. The van der Waals surface area contributed by atoms with Crippen LogP contribution in [-0.2, 0) is 39.2 Å². The standard InChI is InChI=1S/2C46H78O7S.Ca/c2*1-3-5-7-9-11-13-15-17-19-21-23-25-27-29-31-33-35-39-52-45(47)43-38-37-42(54(49,50)51)41-44(43)46(48)53-40-36-34-32-30-28-26-24-22-20-18-16-14-12-10-8-6-4-2;/h2*5-8,37-38,41H,3-4,9-36,39-40H2,1-2H3,(H,49,50,51);/q;;+2/p-2/b2*7-5+,8-6+;. The van der Waals surface area contributed by atoms with Crippen LogP contribution < -0.4 is 0 Å². The number of rotatable bonds is 74. The summed E-state index contributed by atoms with van der Waals surface area (Å²) in [7, 11) is -9.63. The molecule has 109 heavy (non-hydrogen) atoms. The molecule has 2 aromatic carbocycles. The van der Waals surface area contributed by atoms with Crippen molar-refractivity contribution in [3.05, 3.63) is 107 Å². The predicted octanol–water partition coefficient (Wildman–Crippen LogP) is 27.1. The molecule has 0 spiro atoms. The number of benzene rings is 2. The van der Waals surface area contributed by atoms with Crippen LogP contribution in [0.4, 0.5) is 0 Å². The molecule has 0 atom stereocenters. The third-order valence-corrected chi connectivity index (χ3v) is 21.7. The third-order valence-electron chi connectivity index (χ3n) is 20.0. The van der Waals surface area contributed by atoms with E-state index in [1.54, 1.807) is 0 Å². The van der Waals surface area contributed by atoms with Crippen molar-refractivity contribution in [1.29, 1.82) is 0 Å². The maximum Gasteiger partial charge on any atom is 2.00 e. The number of hydrogen-bond acceptors (Lipinski definition) is 14. The van der Waals surface area contributed by atoms with Crippen LogP contribution in [0.25, 0.3) is 0 Å². The molecule has 0 radical (unpaired) electrons. The molecule has 0 aliphatic carbocycles. The summed E-state index contributed by atoms with van der Waals surface area (Å²) < 4.78 is 91.6. The first kappa shape index (κ1) is 105. The van der Waals surface area contributed by atoms with E-state index in [9.17, 15) is 45.1 Å². The Labute approximate surface area is 696 Å². The topological polar surface area (TPSA) is 220 Å². The molecule has 17 heteroatoms. The van der Waals surface area contributed by atoms with Crippen LogP contribution in [0.15, 0.2) is 94.8 Å². The number of allylic oxidation sites excluding steroid dienone is 8. The summed E-state index contributed by atoms with van der Waals surface area (Å²) in [5, 5.41) is 0. The van der Waals surface area contributed by atoms with Gasteiger partial charge in [0.1, 0.15) is 20.2 Å². The van der Waals surface area contributed by atoms with Gasteiger partial charge in [-0.1, -0.05) is 359 Å². The number of ether oxygens (including phenoxy) is 4. The van der Waals surface area contributed by atoms with Crippen LogP contribution in [0.2, 0.25) is 0 Å². The zero-order chi connectivity index (χ0) is 78.8. The Morgan fingerprint density at radius 2 is 0.404 bits per heavy atom. The van der Waals surface area contributed by atoms with Crippen LogP contribution in [0, 0.1) is 0 Å². The van der Waals surface area contributed by atoms with Gasteiger partial charge in [0.25, 0.3) is 0 Å². The number of carbonyl (C=O) groups is 4. The first-order valence-electron chi connectivity index (χ1n) is 44.1. The normalized spacial score (nSPS) is 11.8. The fourth-order valence-electron chi connectivity index (χ4n) is 13.4. The van der Waals surface area contributed by atoms with Crippen molar-refractivity contribution in [3.8, 4) is 0 Å². The summed E-state index contributed by atoms with van der Waals surface area (Å²) in [5.74, 6) is -3.09. The van der Waals surface area contributed by atoms with Crippen LogP contribution >= 0.6 is 0 Å². The molecule has 0 amide bonds. The third kappa shape index (κ3) is 64.3. The van der Waals surface area contributed by atoms with Gasteiger partial charge in [-0.2, -0.15) is 0 Å². The fraction of sp³-hybridized carbons (Fsp3) is 0.739. The molecule has 0 fully saturated rings. The van der Waals surface area contributed by atoms with Gasteiger partial charge < -0.3 is 28.1 Å². The Hall–Kier alpha value is -3.64. The molecular formula is C92H154CaO14S2. The second-order valence-electron chi connectivity index (χ2n) is 29.9. The van der Waals surface area contributed by atoms with E-state index in [1.165, 1.54) is 282 Å². The molecule has 14 nitrogen and oxygen atoms in total. The van der Waals surface area contributed by atoms with Crippen molar-refractivity contribution in [2.45, 2.75) is 423 Å². The van der Waals surface area contributed by atoms with E-state index in [0.29, 0.717) is 25.7 Å². The Kier molecular flexibility index (Phi) is 74.4.